The third-order valence-corrected chi connectivity index (χ3v) is 8.28. The first-order chi connectivity index (χ1) is 20.8. The van der Waals surface area contributed by atoms with Gasteiger partial charge in [0.15, 0.2) is 0 Å². The van der Waals surface area contributed by atoms with Crippen LogP contribution in [-0.4, -0.2) is 88.3 Å². The number of hydrogen-bond donors (Lipinski definition) is 1. The van der Waals surface area contributed by atoms with Crippen molar-refractivity contribution < 1.29 is 37.2 Å². The van der Waals surface area contributed by atoms with Gasteiger partial charge in [0, 0.05) is 55.7 Å². The Morgan fingerprint density at radius 3 is 2.23 bits per heavy atom. The van der Waals surface area contributed by atoms with Gasteiger partial charge in [-0.3, -0.25) is 14.6 Å². The van der Waals surface area contributed by atoms with Crippen molar-refractivity contribution in [2.45, 2.75) is 33.4 Å². The number of anilines is 1. The molecule has 2 unspecified atom stereocenters. The average Bonchev–Trinajstić information content (AvgIpc) is 3.70. The molecule has 0 radical (unpaired) electrons. The summed E-state index contributed by atoms with van der Waals surface area (Å²) in [5.41, 5.74) is 4.22. The first kappa shape index (κ1) is 32.9. The molecule has 5 rings (SSSR count). The lowest BCUT2D eigenvalue weighted by atomic mass is 10.0. The molecule has 0 aliphatic carbocycles. The number of aryl methyl sites for hydroxylation is 3. The van der Waals surface area contributed by atoms with Crippen LogP contribution in [0.5, 0.6) is 0 Å². The van der Waals surface area contributed by atoms with E-state index >= 15 is 0 Å². The molecule has 44 heavy (non-hydrogen) atoms. The molecule has 236 valence electrons. The minimum Gasteiger partial charge on any atom is -0.475 e. The number of benzene rings is 1. The minimum absolute atomic E-state index is 0.0994. The van der Waals surface area contributed by atoms with Crippen LogP contribution in [0.2, 0.25) is 5.02 Å². The van der Waals surface area contributed by atoms with Crippen molar-refractivity contribution in [2.24, 2.45) is 11.8 Å². The second kappa shape index (κ2) is 13.8. The number of aromatic nitrogens is 2. The van der Waals surface area contributed by atoms with Crippen LogP contribution >= 0.6 is 11.6 Å². The number of hydrogen-bond acceptors (Lipinski definition) is 7. The zero-order valence-electron chi connectivity index (χ0n) is 24.5. The average molecular weight is 636 g/mol. The standard InChI is InChI=1S/C28H32ClN5O3.C2HF3O2/c1-18-5-6-23(13-24(18)29)34(27(35)25-8-10-31-37-25)12-4-11-32-14-21-16-33(17-22(21)15-32)28(36)26-19(2)7-9-30-20(26)3;3-2(4,5)1(6)7/h5-10,13,21-22H,4,11-12,14-17H2,1-3H3;(H,6,7). The van der Waals surface area contributed by atoms with Gasteiger partial charge in [-0.15, -0.1) is 0 Å². The monoisotopic (exact) mass is 635 g/mol. The fraction of sp³-hybridized carbons (Fsp3) is 0.433. The lowest BCUT2D eigenvalue weighted by Gasteiger charge is -2.25. The molecule has 1 N–H and O–H groups in total. The summed E-state index contributed by atoms with van der Waals surface area (Å²) in [5, 5.41) is 11.4. The Bertz CT molecular complexity index is 1470. The number of carboxylic acid groups (broad SMARTS) is 1. The van der Waals surface area contributed by atoms with Crippen LogP contribution in [0.4, 0.5) is 18.9 Å². The molecule has 2 aromatic heterocycles. The number of amides is 2. The van der Waals surface area contributed by atoms with Crippen molar-refractivity contribution in [2.75, 3.05) is 44.2 Å². The molecular formula is C30H33ClF3N5O5. The lowest BCUT2D eigenvalue weighted by Crippen LogP contribution is -2.36. The number of pyridine rings is 1. The number of aliphatic carboxylic acids is 1. The molecule has 1 aromatic carbocycles. The maximum Gasteiger partial charge on any atom is 0.490 e. The van der Waals surface area contributed by atoms with Gasteiger partial charge >= 0.3 is 12.1 Å². The summed E-state index contributed by atoms with van der Waals surface area (Å²) < 4.78 is 36.9. The molecule has 2 amide bonds. The first-order valence-electron chi connectivity index (χ1n) is 14.0. The van der Waals surface area contributed by atoms with Crippen LogP contribution in [0, 0.1) is 32.6 Å². The van der Waals surface area contributed by atoms with Gasteiger partial charge in [-0.05, 0) is 74.9 Å². The Kier molecular flexibility index (Phi) is 10.3. The predicted molar refractivity (Wildman–Crippen MR) is 156 cm³/mol. The zero-order valence-corrected chi connectivity index (χ0v) is 25.2. The van der Waals surface area contributed by atoms with Crippen LogP contribution in [0.15, 0.2) is 47.2 Å². The van der Waals surface area contributed by atoms with Crippen molar-refractivity contribution in [3.63, 3.8) is 0 Å². The van der Waals surface area contributed by atoms with Crippen molar-refractivity contribution in [3.8, 4) is 0 Å². The van der Waals surface area contributed by atoms with E-state index in [0.29, 0.717) is 23.4 Å². The summed E-state index contributed by atoms with van der Waals surface area (Å²) in [5.74, 6) is -1.73. The number of alkyl halides is 3. The van der Waals surface area contributed by atoms with Gasteiger partial charge in [-0.25, -0.2) is 4.79 Å². The summed E-state index contributed by atoms with van der Waals surface area (Å²) in [6.45, 7) is 10.7. The predicted octanol–water partition coefficient (Wildman–Crippen LogP) is 5.02. The summed E-state index contributed by atoms with van der Waals surface area (Å²) in [4.78, 5) is 45.7. The Morgan fingerprint density at radius 2 is 1.68 bits per heavy atom. The number of carbonyl (C=O) groups is 3. The molecule has 10 nitrogen and oxygen atoms in total. The molecule has 4 heterocycles. The first-order valence-corrected chi connectivity index (χ1v) is 14.4. The van der Waals surface area contributed by atoms with Crippen LogP contribution < -0.4 is 4.90 Å². The van der Waals surface area contributed by atoms with Gasteiger partial charge < -0.3 is 24.3 Å². The van der Waals surface area contributed by atoms with Crippen molar-refractivity contribution >= 4 is 35.1 Å². The van der Waals surface area contributed by atoms with Crippen LogP contribution in [0.25, 0.3) is 0 Å². The molecule has 2 fully saturated rings. The van der Waals surface area contributed by atoms with Crippen molar-refractivity contribution in [1.82, 2.24) is 19.9 Å². The number of halogens is 4. The van der Waals surface area contributed by atoms with E-state index in [1.807, 2.05) is 49.9 Å². The Hall–Kier alpha value is -3.97. The highest BCUT2D eigenvalue weighted by atomic mass is 35.5. The molecule has 0 saturated carbocycles. The number of rotatable bonds is 7. The van der Waals surface area contributed by atoms with E-state index < -0.39 is 12.1 Å². The van der Waals surface area contributed by atoms with Gasteiger partial charge in [0.05, 0.1) is 17.5 Å². The smallest absolute Gasteiger partial charge is 0.475 e. The number of likely N-dealkylation sites (tertiary alicyclic amines) is 2. The molecule has 2 aliphatic rings. The van der Waals surface area contributed by atoms with Crippen molar-refractivity contribution in [1.29, 1.82) is 0 Å². The Morgan fingerprint density at radius 1 is 1.02 bits per heavy atom. The van der Waals surface area contributed by atoms with Gasteiger partial charge in [-0.2, -0.15) is 13.2 Å². The van der Waals surface area contributed by atoms with E-state index in [1.54, 1.807) is 17.2 Å². The van der Waals surface area contributed by atoms with Gasteiger partial charge in [-0.1, -0.05) is 22.8 Å². The Labute approximate surface area is 257 Å². The summed E-state index contributed by atoms with van der Waals surface area (Å²) in [6, 6.07) is 9.13. The topological polar surface area (TPSA) is 120 Å². The second-order valence-corrected chi connectivity index (χ2v) is 11.4. The molecule has 2 saturated heterocycles. The van der Waals surface area contributed by atoms with E-state index in [0.717, 1.165) is 67.2 Å². The normalized spacial score (nSPS) is 18.0. The molecule has 2 atom stereocenters. The van der Waals surface area contributed by atoms with E-state index in [4.69, 9.17) is 26.0 Å². The third kappa shape index (κ3) is 7.75. The number of carboxylic acids is 1. The zero-order chi connectivity index (χ0) is 32.2. The highest BCUT2D eigenvalue weighted by molar-refractivity contribution is 6.31. The number of carbonyl (C=O) groups excluding carboxylic acids is 2. The SMILES string of the molecule is Cc1ccc(N(CCCN2CC3CN(C(=O)c4c(C)ccnc4C)CC3C2)C(=O)c2ccno2)cc1Cl.O=C(O)C(F)(F)F. The minimum atomic E-state index is -5.08. The summed E-state index contributed by atoms with van der Waals surface area (Å²) in [6.07, 6.45) is -1.05. The summed E-state index contributed by atoms with van der Waals surface area (Å²) >= 11 is 6.36. The maximum absolute atomic E-state index is 13.2. The van der Waals surface area contributed by atoms with E-state index in [2.05, 4.69) is 15.0 Å². The second-order valence-electron chi connectivity index (χ2n) is 11.0. The molecule has 0 spiro atoms. The number of fused-ring (bicyclic) bond motifs is 1. The molecule has 14 heteroatoms. The quantitative estimate of drug-likeness (QED) is 0.384. The summed E-state index contributed by atoms with van der Waals surface area (Å²) in [7, 11) is 0. The van der Waals surface area contributed by atoms with Gasteiger partial charge in [0.25, 0.3) is 11.8 Å². The van der Waals surface area contributed by atoms with E-state index in [-0.39, 0.29) is 17.6 Å². The van der Waals surface area contributed by atoms with Crippen LogP contribution in [-0.2, 0) is 4.79 Å². The number of nitrogens with zero attached hydrogens (tertiary/aromatic N) is 5. The van der Waals surface area contributed by atoms with Crippen molar-refractivity contribution in [3.05, 3.63) is 75.9 Å². The third-order valence-electron chi connectivity index (χ3n) is 7.87. The lowest BCUT2D eigenvalue weighted by molar-refractivity contribution is -0.192. The highest BCUT2D eigenvalue weighted by Crippen LogP contribution is 2.33. The fourth-order valence-electron chi connectivity index (χ4n) is 5.62. The van der Waals surface area contributed by atoms with Crippen LogP contribution in [0.1, 0.15) is 44.2 Å². The van der Waals surface area contributed by atoms with Gasteiger partial charge in [0.1, 0.15) is 0 Å². The largest absolute Gasteiger partial charge is 0.490 e. The molecule has 3 aromatic rings. The molecular weight excluding hydrogens is 603 g/mol. The fourth-order valence-corrected chi connectivity index (χ4v) is 5.80. The highest BCUT2D eigenvalue weighted by Gasteiger charge is 2.42. The van der Waals surface area contributed by atoms with Crippen LogP contribution in [0.3, 0.4) is 0 Å². The Balaban J connectivity index is 0.000000566. The van der Waals surface area contributed by atoms with Gasteiger partial charge in [0.2, 0.25) is 5.76 Å². The van der Waals surface area contributed by atoms with E-state index in [9.17, 15) is 22.8 Å². The van der Waals surface area contributed by atoms with E-state index in [1.165, 1.54) is 6.20 Å². The maximum atomic E-state index is 13.2. The molecule has 0 bridgehead atoms. The molecule has 2 aliphatic heterocycles.